The molecule has 1 heterocycles. The number of halogens is 3. The van der Waals surface area contributed by atoms with Crippen LogP contribution in [-0.4, -0.2) is 30.0 Å². The Bertz CT molecular complexity index is 796. The van der Waals surface area contributed by atoms with Gasteiger partial charge in [-0.15, -0.1) is 0 Å². The third-order valence-corrected chi connectivity index (χ3v) is 5.66. The molecule has 1 atom stereocenters. The van der Waals surface area contributed by atoms with Crippen LogP contribution in [0.4, 0.5) is 18.9 Å². The molecule has 1 aliphatic heterocycles. The Hall–Kier alpha value is -2.19. The van der Waals surface area contributed by atoms with Crippen molar-refractivity contribution >= 4 is 23.4 Å². The Morgan fingerprint density at radius 3 is 2.56 bits per heavy atom. The minimum absolute atomic E-state index is 0.0542. The van der Waals surface area contributed by atoms with Gasteiger partial charge in [-0.05, 0) is 36.2 Å². The Balaban J connectivity index is 1.84. The second-order valence-corrected chi connectivity index (χ2v) is 7.46. The molecule has 27 heavy (non-hydrogen) atoms. The van der Waals surface area contributed by atoms with Crippen molar-refractivity contribution in [2.24, 2.45) is 5.84 Å². The average molecular weight is 395 g/mol. The van der Waals surface area contributed by atoms with Crippen molar-refractivity contribution in [3.8, 4) is 0 Å². The van der Waals surface area contributed by atoms with Gasteiger partial charge in [0.2, 0.25) is 0 Å². The van der Waals surface area contributed by atoms with Gasteiger partial charge in [0.25, 0.3) is 5.91 Å². The number of nitrogen functional groups attached to an aromatic ring is 1. The molecule has 2 aromatic rings. The number of hydrazine groups is 1. The number of anilines is 1. The molecule has 2 aromatic carbocycles. The van der Waals surface area contributed by atoms with Gasteiger partial charge < -0.3 is 4.90 Å². The molecular weight excluding hydrogens is 375 g/mol. The minimum atomic E-state index is -4.39. The Morgan fingerprint density at radius 1 is 1.19 bits per heavy atom. The van der Waals surface area contributed by atoms with E-state index >= 15 is 0 Å². The summed E-state index contributed by atoms with van der Waals surface area (Å²) < 4.78 is 40.3. The molecule has 144 valence electrons. The number of carbonyl (C=O) groups excluding carboxylic acids is 1. The van der Waals surface area contributed by atoms with Crippen LogP contribution in [0.1, 0.15) is 21.5 Å². The van der Waals surface area contributed by atoms with E-state index in [4.69, 9.17) is 5.84 Å². The van der Waals surface area contributed by atoms with Gasteiger partial charge in [0.15, 0.2) is 0 Å². The molecule has 0 aliphatic carbocycles. The lowest BCUT2D eigenvalue weighted by atomic mass is 10.0. The van der Waals surface area contributed by atoms with E-state index < -0.39 is 11.7 Å². The number of thioether (sulfide) groups is 1. The van der Waals surface area contributed by atoms with Gasteiger partial charge in [-0.2, -0.15) is 24.9 Å². The van der Waals surface area contributed by atoms with Crippen LogP contribution >= 0.6 is 11.8 Å². The van der Waals surface area contributed by atoms with Crippen molar-refractivity contribution < 1.29 is 18.0 Å². The molecule has 1 saturated heterocycles. The molecule has 0 radical (unpaired) electrons. The van der Waals surface area contributed by atoms with Crippen molar-refractivity contribution in [1.82, 2.24) is 5.43 Å². The van der Waals surface area contributed by atoms with Crippen LogP contribution in [0.5, 0.6) is 0 Å². The molecule has 0 spiro atoms. The van der Waals surface area contributed by atoms with Gasteiger partial charge in [-0.1, -0.05) is 24.3 Å². The number of alkyl halides is 3. The fourth-order valence-electron chi connectivity index (χ4n) is 3.25. The summed E-state index contributed by atoms with van der Waals surface area (Å²) in [4.78, 5) is 13.4. The first-order valence-electron chi connectivity index (χ1n) is 8.50. The smallest absolute Gasteiger partial charge is 0.366 e. The van der Waals surface area contributed by atoms with E-state index in [2.05, 4.69) is 5.43 Å². The molecule has 1 amide bonds. The Labute approximate surface area is 159 Å². The molecule has 0 aromatic heterocycles. The maximum atomic E-state index is 13.4. The maximum absolute atomic E-state index is 13.4. The van der Waals surface area contributed by atoms with Gasteiger partial charge in [0.1, 0.15) is 0 Å². The summed E-state index contributed by atoms with van der Waals surface area (Å²) >= 11 is 1.74. The SMILES string of the molecule is NNC(=O)c1ccc(CC2CSCCN2c2ccccc2C(F)(F)F)cc1. The second kappa shape index (κ2) is 8.22. The quantitative estimate of drug-likeness (QED) is 0.473. The Kier molecular flexibility index (Phi) is 5.96. The van der Waals surface area contributed by atoms with Crippen LogP contribution in [0.2, 0.25) is 0 Å². The number of nitrogens with two attached hydrogens (primary N) is 1. The summed E-state index contributed by atoms with van der Waals surface area (Å²) in [6.07, 6.45) is -3.79. The van der Waals surface area contributed by atoms with E-state index in [0.29, 0.717) is 18.5 Å². The summed E-state index contributed by atoms with van der Waals surface area (Å²) in [5.41, 5.74) is 3.11. The van der Waals surface area contributed by atoms with E-state index in [1.807, 2.05) is 17.0 Å². The van der Waals surface area contributed by atoms with Crippen molar-refractivity contribution in [1.29, 1.82) is 0 Å². The molecule has 1 unspecified atom stereocenters. The fraction of sp³-hybridized carbons (Fsp3) is 0.316. The molecular formula is C19H20F3N3OS. The first-order valence-corrected chi connectivity index (χ1v) is 9.66. The number of nitrogens with one attached hydrogen (secondary N) is 1. The summed E-state index contributed by atoms with van der Waals surface area (Å²) in [7, 11) is 0. The van der Waals surface area contributed by atoms with Gasteiger partial charge in [0.05, 0.1) is 5.56 Å². The van der Waals surface area contributed by atoms with Gasteiger partial charge in [-0.25, -0.2) is 5.84 Å². The third-order valence-electron chi connectivity index (χ3n) is 4.56. The predicted molar refractivity (Wildman–Crippen MR) is 102 cm³/mol. The summed E-state index contributed by atoms with van der Waals surface area (Å²) in [6, 6.07) is 12.7. The van der Waals surface area contributed by atoms with Crippen LogP contribution in [-0.2, 0) is 12.6 Å². The fourth-order valence-corrected chi connectivity index (χ4v) is 4.31. The first-order chi connectivity index (χ1) is 12.9. The largest absolute Gasteiger partial charge is 0.418 e. The van der Waals surface area contributed by atoms with Crippen molar-refractivity contribution in [3.63, 3.8) is 0 Å². The number of rotatable bonds is 4. The summed E-state index contributed by atoms with van der Waals surface area (Å²) in [6.45, 7) is 0.566. The van der Waals surface area contributed by atoms with E-state index in [1.165, 1.54) is 6.07 Å². The van der Waals surface area contributed by atoms with E-state index in [9.17, 15) is 18.0 Å². The predicted octanol–water partition coefficient (Wildman–Crippen LogP) is 3.47. The van der Waals surface area contributed by atoms with Crippen LogP contribution in [0.3, 0.4) is 0 Å². The molecule has 4 nitrogen and oxygen atoms in total. The zero-order valence-corrected chi connectivity index (χ0v) is 15.3. The standard InChI is InChI=1S/C19H20F3N3OS/c20-19(21,22)16-3-1-2-4-17(16)25-9-10-27-12-15(25)11-13-5-7-14(8-6-13)18(26)24-23/h1-8,15H,9-12,23H2,(H,24,26). The molecule has 3 rings (SSSR count). The lowest BCUT2D eigenvalue weighted by molar-refractivity contribution is -0.137. The van der Waals surface area contributed by atoms with Gasteiger partial charge >= 0.3 is 6.18 Å². The zero-order valence-electron chi connectivity index (χ0n) is 14.5. The molecule has 3 N–H and O–H groups in total. The van der Waals surface area contributed by atoms with Crippen molar-refractivity contribution in [3.05, 3.63) is 65.2 Å². The lowest BCUT2D eigenvalue weighted by Gasteiger charge is -2.38. The number of amides is 1. The molecule has 1 fully saturated rings. The molecule has 0 saturated carbocycles. The van der Waals surface area contributed by atoms with E-state index in [0.717, 1.165) is 23.1 Å². The van der Waals surface area contributed by atoms with Crippen molar-refractivity contribution in [2.75, 3.05) is 23.0 Å². The highest BCUT2D eigenvalue weighted by Gasteiger charge is 2.36. The summed E-state index contributed by atoms with van der Waals surface area (Å²) in [5, 5.41) is 0. The Morgan fingerprint density at radius 2 is 1.89 bits per heavy atom. The van der Waals surface area contributed by atoms with Crippen LogP contribution in [0.15, 0.2) is 48.5 Å². The number of para-hydroxylation sites is 1. The van der Waals surface area contributed by atoms with Gasteiger partial charge in [-0.3, -0.25) is 10.2 Å². The normalized spacial score (nSPS) is 17.6. The topological polar surface area (TPSA) is 58.4 Å². The molecule has 1 aliphatic rings. The van der Waals surface area contributed by atoms with Crippen LogP contribution in [0, 0.1) is 0 Å². The first kappa shape index (κ1) is 19.6. The highest BCUT2D eigenvalue weighted by Crippen LogP contribution is 2.38. The lowest BCUT2D eigenvalue weighted by Crippen LogP contribution is -2.44. The zero-order chi connectivity index (χ0) is 19.4. The van der Waals surface area contributed by atoms with Crippen LogP contribution in [0.25, 0.3) is 0 Å². The van der Waals surface area contributed by atoms with Crippen molar-refractivity contribution in [2.45, 2.75) is 18.6 Å². The van der Waals surface area contributed by atoms with E-state index in [-0.39, 0.29) is 17.6 Å². The number of benzene rings is 2. The van der Waals surface area contributed by atoms with E-state index in [1.54, 1.807) is 36.0 Å². The third kappa shape index (κ3) is 4.56. The number of carbonyl (C=O) groups is 1. The maximum Gasteiger partial charge on any atom is 0.418 e. The van der Waals surface area contributed by atoms with Crippen LogP contribution < -0.4 is 16.2 Å². The highest BCUT2D eigenvalue weighted by molar-refractivity contribution is 7.99. The number of hydrogen-bond acceptors (Lipinski definition) is 4. The molecule has 8 heteroatoms. The minimum Gasteiger partial charge on any atom is -0.366 e. The average Bonchev–Trinajstić information content (AvgIpc) is 2.68. The molecule has 0 bridgehead atoms. The van der Waals surface area contributed by atoms with Gasteiger partial charge in [0, 0.05) is 35.3 Å². The number of nitrogens with zero attached hydrogens (tertiary/aromatic N) is 1. The summed E-state index contributed by atoms with van der Waals surface area (Å²) in [5.74, 6) is 6.28. The second-order valence-electron chi connectivity index (χ2n) is 6.31. The highest BCUT2D eigenvalue weighted by atomic mass is 32.2. The number of hydrogen-bond donors (Lipinski definition) is 2. The monoisotopic (exact) mass is 395 g/mol.